The molecule has 4 N–H and O–H groups in total. The maximum absolute atomic E-state index is 13.1. The highest BCUT2D eigenvalue weighted by molar-refractivity contribution is 5.77. The van der Waals surface area contributed by atoms with Crippen LogP contribution in [0, 0.1) is 24.7 Å². The molecular formula is C33H57NO9. The van der Waals surface area contributed by atoms with E-state index in [0.29, 0.717) is 24.1 Å². The summed E-state index contributed by atoms with van der Waals surface area (Å²) >= 11 is 0. The van der Waals surface area contributed by atoms with Crippen LogP contribution in [-0.2, 0) is 36.8 Å². The van der Waals surface area contributed by atoms with Crippen molar-refractivity contribution in [1.29, 1.82) is 0 Å². The molecule has 0 aliphatic rings. The number of carboxylic acid groups (broad SMARTS) is 1. The summed E-state index contributed by atoms with van der Waals surface area (Å²) in [4.78, 5) is 37.6. The van der Waals surface area contributed by atoms with Crippen molar-refractivity contribution in [3.63, 3.8) is 0 Å². The topological polar surface area (TPSA) is 156 Å². The second kappa shape index (κ2) is 21.9. The molecule has 0 aliphatic heterocycles. The largest absolute Gasteiger partial charge is 0.494 e. The number of carbonyl (C=O) groups excluding carboxylic acids is 2. The van der Waals surface area contributed by atoms with Crippen molar-refractivity contribution in [2.75, 3.05) is 19.8 Å². The van der Waals surface area contributed by atoms with E-state index in [1.165, 1.54) is 56.4 Å². The number of aliphatic hydroxyl groups is 1. The lowest BCUT2D eigenvalue weighted by atomic mass is 9.84. The molecule has 1 aromatic rings. The van der Waals surface area contributed by atoms with Gasteiger partial charge in [-0.1, -0.05) is 85.0 Å². The molecule has 1 rings (SSSR count). The number of unbranched alkanes of at least 4 members (excludes halogenated alkanes) is 10. The van der Waals surface area contributed by atoms with Crippen LogP contribution in [0.25, 0.3) is 0 Å². The van der Waals surface area contributed by atoms with Crippen LogP contribution >= 0.6 is 0 Å². The quantitative estimate of drug-likeness (QED) is 0.0738. The summed E-state index contributed by atoms with van der Waals surface area (Å²) < 4.78 is 12.0. The van der Waals surface area contributed by atoms with Gasteiger partial charge in [0.1, 0.15) is 6.61 Å². The van der Waals surface area contributed by atoms with E-state index in [1.54, 1.807) is 6.92 Å². The zero-order chi connectivity index (χ0) is 32.2. The van der Waals surface area contributed by atoms with Crippen molar-refractivity contribution < 1.29 is 44.3 Å². The van der Waals surface area contributed by atoms with E-state index in [1.807, 2.05) is 6.92 Å². The number of nitrogens with zero attached hydrogens (tertiary/aromatic N) is 1. The first-order chi connectivity index (χ1) is 20.6. The van der Waals surface area contributed by atoms with Gasteiger partial charge in [-0.3, -0.25) is 19.0 Å². The number of esters is 2. The molecule has 43 heavy (non-hydrogen) atoms. The van der Waals surface area contributed by atoms with E-state index >= 15 is 0 Å². The highest BCUT2D eigenvalue weighted by atomic mass is 16.5. The number of rotatable bonds is 25. The van der Waals surface area contributed by atoms with Crippen LogP contribution in [-0.4, -0.2) is 62.7 Å². The van der Waals surface area contributed by atoms with Crippen LogP contribution in [0.3, 0.4) is 0 Å². The summed E-state index contributed by atoms with van der Waals surface area (Å²) in [6, 6.07) is 0. The van der Waals surface area contributed by atoms with Gasteiger partial charge in [0.05, 0.1) is 31.0 Å². The van der Waals surface area contributed by atoms with E-state index in [2.05, 4.69) is 6.92 Å². The number of hydrogen-bond acceptors (Lipinski definition) is 8. The van der Waals surface area contributed by atoms with Gasteiger partial charge < -0.3 is 29.9 Å². The fourth-order valence-electron chi connectivity index (χ4n) is 5.35. The average Bonchev–Trinajstić information content (AvgIpc) is 3.18. The third-order valence-corrected chi connectivity index (χ3v) is 8.13. The smallest absolute Gasteiger partial charge is 0.309 e. The summed E-state index contributed by atoms with van der Waals surface area (Å²) in [6.07, 6.45) is 13.0. The number of carboxylic acids is 1. The van der Waals surface area contributed by atoms with Crippen LogP contribution in [0.4, 0.5) is 0 Å². The molecule has 0 saturated carbocycles. The highest BCUT2D eigenvalue weighted by Gasteiger charge is 2.34. The van der Waals surface area contributed by atoms with E-state index in [0.717, 1.165) is 25.7 Å². The number of aliphatic carboxylic acids is 1. The van der Waals surface area contributed by atoms with Gasteiger partial charge in [-0.05, 0) is 39.0 Å². The van der Waals surface area contributed by atoms with E-state index in [-0.39, 0.29) is 50.8 Å². The lowest BCUT2D eigenvalue weighted by Crippen LogP contribution is -2.30. The minimum Gasteiger partial charge on any atom is -0.494 e. The molecule has 0 aromatic carbocycles. The summed E-state index contributed by atoms with van der Waals surface area (Å²) in [6.45, 7) is 7.34. The van der Waals surface area contributed by atoms with Gasteiger partial charge in [0.15, 0.2) is 11.8 Å². The Morgan fingerprint density at radius 3 is 1.84 bits per heavy atom. The average molecular weight is 612 g/mol. The summed E-state index contributed by atoms with van der Waals surface area (Å²) in [7, 11) is 0. The lowest BCUT2D eigenvalue weighted by molar-refractivity contribution is -0.154. The molecule has 248 valence electrons. The van der Waals surface area contributed by atoms with Crippen molar-refractivity contribution in [3.8, 4) is 11.8 Å². The Hall–Kier alpha value is -2.75. The van der Waals surface area contributed by atoms with Gasteiger partial charge in [0, 0.05) is 17.7 Å². The molecule has 1 heterocycles. The van der Waals surface area contributed by atoms with Gasteiger partial charge in [-0.15, -0.1) is 0 Å². The van der Waals surface area contributed by atoms with Crippen LogP contribution in [0.2, 0.25) is 0 Å². The first kappa shape index (κ1) is 38.3. The molecule has 0 fully saturated rings. The Morgan fingerprint density at radius 1 is 0.744 bits per heavy atom. The van der Waals surface area contributed by atoms with Gasteiger partial charge >= 0.3 is 17.9 Å². The van der Waals surface area contributed by atoms with Crippen molar-refractivity contribution in [2.24, 2.45) is 17.8 Å². The Labute approximate surface area is 257 Å². The number of carbonyl (C=O) groups is 3. The predicted molar refractivity (Wildman–Crippen MR) is 165 cm³/mol. The molecule has 10 nitrogen and oxygen atoms in total. The number of aliphatic hydroxyl groups excluding tert-OH is 1. The fraction of sp³-hybridized carbons (Fsp3) is 0.788. The van der Waals surface area contributed by atoms with Gasteiger partial charge in [0.25, 0.3) is 0 Å². The minimum absolute atomic E-state index is 0.0271. The van der Waals surface area contributed by atoms with Crippen molar-refractivity contribution in [3.05, 3.63) is 11.1 Å². The number of aromatic hydroxyl groups is 2. The van der Waals surface area contributed by atoms with E-state index < -0.39 is 35.7 Å². The predicted octanol–water partition coefficient (Wildman–Crippen LogP) is 6.28. The molecule has 0 saturated heterocycles. The molecule has 1 aromatic heterocycles. The van der Waals surface area contributed by atoms with Crippen LogP contribution in [0.1, 0.15) is 122 Å². The molecule has 3 atom stereocenters. The standard InChI is InChI=1S/C33H57NO9/c1-5-7-9-10-11-12-13-14-15-16-17-34-29(36)25(4)28(30(34)37)23-27(33(41)43-20-18-35)22-26(21-24(3)31(38)39)32(40)42-19-8-6-2/h24,26-27,35-37H,5-23H2,1-4H3,(H,38,39). The first-order valence-electron chi connectivity index (χ1n) is 16.4. The first-order valence-corrected chi connectivity index (χ1v) is 16.4. The van der Waals surface area contributed by atoms with E-state index in [9.17, 15) is 34.8 Å². The maximum atomic E-state index is 13.1. The molecule has 0 aliphatic carbocycles. The second-order valence-corrected chi connectivity index (χ2v) is 11.8. The maximum Gasteiger partial charge on any atom is 0.309 e. The van der Waals surface area contributed by atoms with Gasteiger partial charge in [-0.25, -0.2) is 0 Å². The van der Waals surface area contributed by atoms with E-state index in [4.69, 9.17) is 9.47 Å². The molecule has 0 radical (unpaired) electrons. The summed E-state index contributed by atoms with van der Waals surface area (Å²) in [5.74, 6) is -5.19. The van der Waals surface area contributed by atoms with Gasteiger partial charge in [0.2, 0.25) is 0 Å². The third kappa shape index (κ3) is 14.1. The Morgan fingerprint density at radius 2 is 1.28 bits per heavy atom. The zero-order valence-electron chi connectivity index (χ0n) is 26.9. The van der Waals surface area contributed by atoms with Crippen molar-refractivity contribution >= 4 is 17.9 Å². The minimum atomic E-state index is -1.06. The lowest BCUT2D eigenvalue weighted by Gasteiger charge is -2.23. The number of hydrogen-bond donors (Lipinski definition) is 4. The molecule has 10 heteroatoms. The monoisotopic (exact) mass is 611 g/mol. The third-order valence-electron chi connectivity index (χ3n) is 8.13. The number of ether oxygens (including phenoxy) is 2. The number of aromatic nitrogens is 1. The normalized spacial score (nSPS) is 13.4. The van der Waals surface area contributed by atoms with Gasteiger partial charge in [-0.2, -0.15) is 0 Å². The molecule has 3 unspecified atom stereocenters. The van der Waals surface area contributed by atoms with Crippen LogP contribution in [0.5, 0.6) is 11.8 Å². The summed E-state index contributed by atoms with van der Waals surface area (Å²) in [5, 5.41) is 40.6. The van der Waals surface area contributed by atoms with Crippen molar-refractivity contribution in [1.82, 2.24) is 4.57 Å². The van der Waals surface area contributed by atoms with Crippen LogP contribution < -0.4 is 0 Å². The molecule has 0 spiro atoms. The van der Waals surface area contributed by atoms with Crippen LogP contribution in [0.15, 0.2) is 0 Å². The Balaban J connectivity index is 2.99. The molecule has 0 amide bonds. The zero-order valence-corrected chi connectivity index (χ0v) is 26.9. The fourth-order valence-corrected chi connectivity index (χ4v) is 5.35. The Kier molecular flexibility index (Phi) is 19.5. The SMILES string of the molecule is CCCCCCCCCCCCn1c(O)c(C)c(CC(CC(CC(C)C(=O)O)C(=O)OCCCC)C(=O)OCCO)c1O. The van der Waals surface area contributed by atoms with Crippen molar-refractivity contribution in [2.45, 2.75) is 131 Å². The Bertz CT molecular complexity index is 959. The molecular weight excluding hydrogens is 554 g/mol. The molecule has 0 bridgehead atoms. The second-order valence-electron chi connectivity index (χ2n) is 11.8. The highest BCUT2D eigenvalue weighted by Crippen LogP contribution is 2.37. The summed E-state index contributed by atoms with van der Waals surface area (Å²) in [5.41, 5.74) is 0.811.